The van der Waals surface area contributed by atoms with Gasteiger partial charge in [0.2, 0.25) is 5.91 Å². The zero-order valence-corrected chi connectivity index (χ0v) is 16.0. The average Bonchev–Trinajstić information content (AvgIpc) is 3.38. The average molecular weight is 378 g/mol. The third kappa shape index (κ3) is 4.68. The van der Waals surface area contributed by atoms with Gasteiger partial charge in [0.1, 0.15) is 0 Å². The summed E-state index contributed by atoms with van der Waals surface area (Å²) in [7, 11) is 0. The normalized spacial score (nSPS) is 13.6. The van der Waals surface area contributed by atoms with Gasteiger partial charge in [0.05, 0.1) is 6.42 Å². The Morgan fingerprint density at radius 3 is 2.15 bits per heavy atom. The molecule has 0 bridgehead atoms. The van der Waals surface area contributed by atoms with Gasteiger partial charge in [0, 0.05) is 40.7 Å². The van der Waals surface area contributed by atoms with Crippen LogP contribution in [0.3, 0.4) is 0 Å². The minimum absolute atomic E-state index is 0.00987. The number of anilines is 4. The number of nitrogens with one attached hydrogen (secondary N) is 2. The monoisotopic (exact) mass is 377 g/mol. The summed E-state index contributed by atoms with van der Waals surface area (Å²) in [6, 6.07) is 20.3. The first kappa shape index (κ1) is 17.6. The third-order valence-corrected chi connectivity index (χ3v) is 5.59. The molecule has 3 aromatic rings. The highest BCUT2D eigenvalue weighted by atomic mass is 32.1. The van der Waals surface area contributed by atoms with Gasteiger partial charge in [-0.15, -0.1) is 11.3 Å². The fourth-order valence-corrected chi connectivity index (χ4v) is 4.01. The van der Waals surface area contributed by atoms with Gasteiger partial charge >= 0.3 is 0 Å². The van der Waals surface area contributed by atoms with E-state index in [4.69, 9.17) is 0 Å². The first-order chi connectivity index (χ1) is 13.3. The molecular weight excluding hydrogens is 354 g/mol. The smallest absolute Gasteiger partial charge is 0.229 e. The maximum absolute atomic E-state index is 12.1. The number of carbonyl (C=O) groups is 1. The van der Waals surface area contributed by atoms with Crippen LogP contribution < -0.4 is 15.5 Å². The van der Waals surface area contributed by atoms with Crippen molar-refractivity contribution in [1.29, 1.82) is 0 Å². The number of thiophene rings is 1. The highest BCUT2D eigenvalue weighted by Gasteiger charge is 2.11. The first-order valence-electron chi connectivity index (χ1n) is 9.31. The molecule has 1 aromatic heterocycles. The molecule has 1 aliphatic rings. The maximum Gasteiger partial charge on any atom is 0.229 e. The molecule has 2 heterocycles. The first-order valence-corrected chi connectivity index (χ1v) is 10.2. The van der Waals surface area contributed by atoms with Crippen molar-refractivity contribution >= 4 is 40.0 Å². The second kappa shape index (κ2) is 8.27. The Bertz CT molecular complexity index is 867. The highest BCUT2D eigenvalue weighted by Crippen LogP contribution is 2.24. The zero-order chi connectivity index (χ0) is 18.5. The summed E-state index contributed by atoms with van der Waals surface area (Å²) in [6.07, 6.45) is 2.99. The molecule has 1 aliphatic heterocycles. The zero-order valence-electron chi connectivity index (χ0n) is 15.2. The summed E-state index contributed by atoms with van der Waals surface area (Å²) in [4.78, 5) is 15.6. The van der Waals surface area contributed by atoms with E-state index in [0.29, 0.717) is 6.42 Å². The fraction of sp³-hybridized carbons (Fsp3) is 0.227. The van der Waals surface area contributed by atoms with Crippen molar-refractivity contribution in [3.8, 4) is 0 Å². The van der Waals surface area contributed by atoms with Crippen LogP contribution in [0.2, 0.25) is 0 Å². The molecule has 1 saturated heterocycles. The van der Waals surface area contributed by atoms with Crippen LogP contribution in [0.25, 0.3) is 0 Å². The van der Waals surface area contributed by atoms with Crippen LogP contribution in [0.1, 0.15) is 17.7 Å². The van der Waals surface area contributed by atoms with Crippen molar-refractivity contribution in [2.24, 2.45) is 0 Å². The van der Waals surface area contributed by atoms with Gasteiger partial charge in [-0.25, -0.2) is 0 Å². The topological polar surface area (TPSA) is 44.4 Å². The summed E-state index contributed by atoms with van der Waals surface area (Å²) in [5.41, 5.74) is 4.17. The van der Waals surface area contributed by atoms with Crippen molar-refractivity contribution in [3.63, 3.8) is 0 Å². The lowest BCUT2D eigenvalue weighted by Gasteiger charge is -2.18. The van der Waals surface area contributed by atoms with E-state index in [-0.39, 0.29) is 5.91 Å². The summed E-state index contributed by atoms with van der Waals surface area (Å²) in [6.45, 7) is 2.32. The Balaban J connectivity index is 1.32. The Morgan fingerprint density at radius 1 is 0.889 bits per heavy atom. The number of rotatable bonds is 6. The summed E-state index contributed by atoms with van der Waals surface area (Å²) < 4.78 is 0. The standard InChI is InChI=1S/C22H23N3OS/c26-22(16-21-4-3-15-27-21)24-19-7-5-17(6-8-19)23-18-9-11-20(12-10-18)25-13-1-2-14-25/h3-12,15,23H,1-2,13-14,16H2,(H,24,26). The number of benzene rings is 2. The van der Waals surface area contributed by atoms with Crippen LogP contribution in [0.5, 0.6) is 0 Å². The van der Waals surface area contributed by atoms with E-state index in [9.17, 15) is 4.79 Å². The van der Waals surface area contributed by atoms with Gasteiger partial charge in [-0.2, -0.15) is 0 Å². The maximum atomic E-state index is 12.1. The summed E-state index contributed by atoms with van der Waals surface area (Å²) in [5, 5.41) is 8.34. The highest BCUT2D eigenvalue weighted by molar-refractivity contribution is 7.10. The molecule has 2 N–H and O–H groups in total. The van der Waals surface area contributed by atoms with Crippen LogP contribution in [-0.4, -0.2) is 19.0 Å². The van der Waals surface area contributed by atoms with Crippen LogP contribution in [0.4, 0.5) is 22.7 Å². The fourth-order valence-electron chi connectivity index (χ4n) is 3.31. The minimum Gasteiger partial charge on any atom is -0.372 e. The Morgan fingerprint density at radius 2 is 1.52 bits per heavy atom. The molecule has 0 aliphatic carbocycles. The Labute approximate surface area is 163 Å². The molecule has 5 heteroatoms. The third-order valence-electron chi connectivity index (χ3n) is 4.71. The van der Waals surface area contributed by atoms with Crippen LogP contribution >= 0.6 is 11.3 Å². The van der Waals surface area contributed by atoms with E-state index in [2.05, 4.69) is 39.8 Å². The van der Waals surface area contributed by atoms with Crippen LogP contribution in [0, 0.1) is 0 Å². The SMILES string of the molecule is O=C(Cc1cccs1)Nc1ccc(Nc2ccc(N3CCCC3)cc2)cc1. The molecule has 138 valence electrons. The predicted molar refractivity (Wildman–Crippen MR) is 114 cm³/mol. The lowest BCUT2D eigenvalue weighted by atomic mass is 10.2. The second-order valence-electron chi connectivity index (χ2n) is 6.75. The van der Waals surface area contributed by atoms with Gasteiger partial charge in [0.15, 0.2) is 0 Å². The lowest BCUT2D eigenvalue weighted by Crippen LogP contribution is -2.17. The van der Waals surface area contributed by atoms with Crippen molar-refractivity contribution in [2.75, 3.05) is 28.6 Å². The molecule has 4 nitrogen and oxygen atoms in total. The Kier molecular flexibility index (Phi) is 5.39. The number of carbonyl (C=O) groups excluding carboxylic acids is 1. The number of hydrogen-bond donors (Lipinski definition) is 2. The van der Waals surface area contributed by atoms with Crippen molar-refractivity contribution in [3.05, 3.63) is 70.9 Å². The number of amides is 1. The van der Waals surface area contributed by atoms with E-state index >= 15 is 0 Å². The molecule has 0 radical (unpaired) electrons. The molecular formula is C22H23N3OS. The van der Waals surface area contributed by atoms with E-state index < -0.39 is 0 Å². The lowest BCUT2D eigenvalue weighted by molar-refractivity contribution is -0.115. The van der Waals surface area contributed by atoms with Crippen molar-refractivity contribution in [2.45, 2.75) is 19.3 Å². The van der Waals surface area contributed by atoms with E-state index in [1.807, 2.05) is 41.8 Å². The van der Waals surface area contributed by atoms with Gasteiger partial charge in [-0.3, -0.25) is 4.79 Å². The van der Waals surface area contributed by atoms with Crippen molar-refractivity contribution < 1.29 is 4.79 Å². The van der Waals surface area contributed by atoms with E-state index in [1.54, 1.807) is 11.3 Å². The summed E-state index contributed by atoms with van der Waals surface area (Å²) >= 11 is 1.60. The van der Waals surface area contributed by atoms with Gasteiger partial charge < -0.3 is 15.5 Å². The van der Waals surface area contributed by atoms with E-state index in [1.165, 1.54) is 18.5 Å². The molecule has 0 saturated carbocycles. The van der Waals surface area contributed by atoms with Crippen LogP contribution in [-0.2, 0) is 11.2 Å². The molecule has 1 fully saturated rings. The predicted octanol–water partition coefficient (Wildman–Crippen LogP) is 5.27. The van der Waals surface area contributed by atoms with Gasteiger partial charge in [-0.05, 0) is 72.8 Å². The van der Waals surface area contributed by atoms with Crippen molar-refractivity contribution in [1.82, 2.24) is 0 Å². The second-order valence-corrected chi connectivity index (χ2v) is 7.78. The Hall–Kier alpha value is -2.79. The molecule has 2 aromatic carbocycles. The largest absolute Gasteiger partial charge is 0.372 e. The number of hydrogen-bond acceptors (Lipinski definition) is 4. The number of nitrogens with zero attached hydrogens (tertiary/aromatic N) is 1. The quantitative estimate of drug-likeness (QED) is 0.615. The molecule has 1 amide bonds. The molecule has 27 heavy (non-hydrogen) atoms. The van der Waals surface area contributed by atoms with Gasteiger partial charge in [0.25, 0.3) is 0 Å². The van der Waals surface area contributed by atoms with Gasteiger partial charge in [-0.1, -0.05) is 6.07 Å². The molecule has 0 atom stereocenters. The minimum atomic E-state index is 0.00987. The molecule has 4 rings (SSSR count). The molecule has 0 unspecified atom stereocenters. The molecule has 0 spiro atoms. The van der Waals surface area contributed by atoms with Crippen LogP contribution in [0.15, 0.2) is 66.0 Å². The summed E-state index contributed by atoms with van der Waals surface area (Å²) in [5.74, 6) is 0.00987. The van der Waals surface area contributed by atoms with E-state index in [0.717, 1.165) is 35.0 Å².